The van der Waals surface area contributed by atoms with Gasteiger partial charge in [0.25, 0.3) is 0 Å². The fourth-order valence-electron chi connectivity index (χ4n) is 5.51. The van der Waals surface area contributed by atoms with Crippen molar-refractivity contribution in [2.75, 3.05) is 34.8 Å². The fraction of sp³-hybridized carbons (Fsp3) is 0.368. The molecule has 1 aliphatic rings. The molecule has 0 radical (unpaired) electrons. The summed E-state index contributed by atoms with van der Waals surface area (Å²) in [6.07, 6.45) is -3.83. The molecular formula is C38H47N2O7P. The van der Waals surface area contributed by atoms with E-state index in [1.54, 1.807) is 37.5 Å². The van der Waals surface area contributed by atoms with Gasteiger partial charge in [0.05, 0.1) is 33.0 Å². The first kappa shape index (κ1) is 36.1. The predicted octanol–water partition coefficient (Wildman–Crippen LogP) is 6.93. The molecule has 0 N–H and O–H groups in total. The van der Waals surface area contributed by atoms with Gasteiger partial charge < -0.3 is 23.7 Å². The lowest BCUT2D eigenvalue weighted by Gasteiger charge is -2.47. The second-order valence-electron chi connectivity index (χ2n) is 12.1. The molecule has 0 aliphatic carbocycles. The van der Waals surface area contributed by atoms with E-state index in [2.05, 4.69) is 0 Å². The van der Waals surface area contributed by atoms with Crippen molar-refractivity contribution < 1.29 is 32.8 Å². The van der Waals surface area contributed by atoms with E-state index in [9.17, 15) is 4.57 Å². The first-order valence-corrected chi connectivity index (χ1v) is 17.7. The molecule has 0 aromatic heterocycles. The third kappa shape index (κ3) is 9.92. The van der Waals surface area contributed by atoms with Crippen LogP contribution in [0.2, 0.25) is 0 Å². The van der Waals surface area contributed by atoms with E-state index >= 15 is 0 Å². The number of ether oxygens (including phenoxy) is 5. The molecule has 48 heavy (non-hydrogen) atoms. The Hall–Kier alpha value is -3.21. The van der Waals surface area contributed by atoms with Crippen LogP contribution in [0.3, 0.4) is 0 Å². The van der Waals surface area contributed by atoms with E-state index in [1.807, 2.05) is 121 Å². The number of benzene rings is 4. The smallest absolute Gasteiger partial charge is 0.347 e. The van der Waals surface area contributed by atoms with Gasteiger partial charge in [-0.2, -0.15) is 0 Å². The summed E-state index contributed by atoms with van der Waals surface area (Å²) in [7, 11) is 3.36. The Morgan fingerprint density at radius 3 is 1.33 bits per heavy atom. The van der Waals surface area contributed by atoms with E-state index < -0.39 is 38.4 Å². The highest BCUT2D eigenvalue weighted by atomic mass is 31.2. The van der Waals surface area contributed by atoms with E-state index in [4.69, 9.17) is 28.2 Å². The average molecular weight is 675 g/mol. The van der Waals surface area contributed by atoms with Crippen LogP contribution in [-0.4, -0.2) is 74.8 Å². The highest BCUT2D eigenvalue weighted by Gasteiger charge is 2.51. The molecule has 4 aromatic rings. The van der Waals surface area contributed by atoms with Crippen molar-refractivity contribution >= 4 is 7.67 Å². The van der Waals surface area contributed by atoms with Crippen LogP contribution >= 0.6 is 7.67 Å². The summed E-state index contributed by atoms with van der Waals surface area (Å²) in [6, 6.07) is 39.8. The molecule has 0 spiro atoms. The standard InChI is InChI=1S/C38H47N2O7P/c1-39(2)48(41,40(3)4)47-38-37(45-28-33-23-15-8-16-24-33)36(44-27-32-21-13-7-14-22-32)35(43-26-31-19-11-6-12-20-31)34(46-38)29-42-25-30-17-9-5-10-18-30/h5-24,34-38H,25-29H2,1-4H3/t34-,35+,36+,37-,38?/m1/s1. The Morgan fingerprint density at radius 2 is 0.917 bits per heavy atom. The van der Waals surface area contributed by atoms with Crippen molar-refractivity contribution in [2.45, 2.75) is 57.1 Å². The van der Waals surface area contributed by atoms with Crippen molar-refractivity contribution in [2.24, 2.45) is 0 Å². The van der Waals surface area contributed by atoms with E-state index in [0.717, 1.165) is 22.3 Å². The number of hydrogen-bond acceptors (Lipinski definition) is 7. The van der Waals surface area contributed by atoms with Gasteiger partial charge in [0.15, 0.2) is 6.29 Å². The fourth-order valence-corrected chi connectivity index (χ4v) is 7.05. The van der Waals surface area contributed by atoms with Crippen LogP contribution < -0.4 is 0 Å². The Balaban J connectivity index is 1.50. The van der Waals surface area contributed by atoms with Crippen molar-refractivity contribution in [3.63, 3.8) is 0 Å². The number of rotatable bonds is 17. The molecule has 0 amide bonds. The van der Waals surface area contributed by atoms with Crippen LogP contribution in [0.1, 0.15) is 22.3 Å². The summed E-state index contributed by atoms with van der Waals surface area (Å²) in [5.74, 6) is 0. The Labute approximate surface area is 284 Å². The predicted molar refractivity (Wildman–Crippen MR) is 186 cm³/mol. The van der Waals surface area contributed by atoms with Crippen molar-refractivity contribution in [3.8, 4) is 0 Å². The minimum atomic E-state index is -3.53. The van der Waals surface area contributed by atoms with Gasteiger partial charge in [-0.25, -0.2) is 9.34 Å². The summed E-state index contributed by atoms with van der Waals surface area (Å²) in [5.41, 5.74) is 4.01. The van der Waals surface area contributed by atoms with Gasteiger partial charge in [0.1, 0.15) is 24.4 Å². The quantitative estimate of drug-likeness (QED) is 0.111. The van der Waals surface area contributed by atoms with Gasteiger partial charge in [-0.3, -0.25) is 9.09 Å². The normalized spacial score (nSPS) is 21.5. The van der Waals surface area contributed by atoms with Crippen molar-refractivity contribution in [3.05, 3.63) is 144 Å². The van der Waals surface area contributed by atoms with Gasteiger partial charge in [-0.15, -0.1) is 0 Å². The third-order valence-corrected chi connectivity index (χ3v) is 10.6. The molecule has 5 rings (SSSR count). The van der Waals surface area contributed by atoms with Gasteiger partial charge in [-0.1, -0.05) is 121 Å². The molecule has 4 aromatic carbocycles. The lowest BCUT2D eigenvalue weighted by Crippen LogP contribution is -2.61. The first-order valence-electron chi connectivity index (χ1n) is 16.2. The summed E-state index contributed by atoms with van der Waals surface area (Å²) >= 11 is 0. The molecule has 5 atom stereocenters. The van der Waals surface area contributed by atoms with Crippen LogP contribution in [0, 0.1) is 0 Å². The maximum Gasteiger partial charge on any atom is 0.347 e. The highest BCUT2D eigenvalue weighted by molar-refractivity contribution is 7.53. The Morgan fingerprint density at radius 1 is 0.542 bits per heavy atom. The van der Waals surface area contributed by atoms with Crippen molar-refractivity contribution in [1.29, 1.82) is 0 Å². The Kier molecular flexibility index (Phi) is 13.5. The van der Waals surface area contributed by atoms with E-state index in [0.29, 0.717) is 19.8 Å². The average Bonchev–Trinajstić information content (AvgIpc) is 3.11. The lowest BCUT2D eigenvalue weighted by atomic mass is 9.98. The largest absolute Gasteiger partial charge is 0.374 e. The number of hydrogen-bond donors (Lipinski definition) is 0. The molecule has 0 bridgehead atoms. The van der Waals surface area contributed by atoms with Crippen molar-refractivity contribution in [1.82, 2.24) is 9.34 Å². The number of nitrogens with zero attached hydrogens (tertiary/aromatic N) is 2. The van der Waals surface area contributed by atoms with Crippen LogP contribution in [0.25, 0.3) is 0 Å². The first-order chi connectivity index (χ1) is 23.3. The lowest BCUT2D eigenvalue weighted by molar-refractivity contribution is -0.311. The molecule has 1 fully saturated rings. The molecule has 256 valence electrons. The minimum Gasteiger partial charge on any atom is -0.374 e. The van der Waals surface area contributed by atoms with Gasteiger partial charge in [-0.05, 0) is 50.4 Å². The molecule has 1 aliphatic heterocycles. The molecule has 1 saturated heterocycles. The molecule has 1 unspecified atom stereocenters. The second kappa shape index (κ2) is 18.0. The van der Waals surface area contributed by atoms with Crippen LogP contribution in [-0.2, 0) is 59.2 Å². The monoisotopic (exact) mass is 674 g/mol. The van der Waals surface area contributed by atoms with Gasteiger partial charge in [0.2, 0.25) is 0 Å². The summed E-state index contributed by atoms with van der Waals surface area (Å²) in [4.78, 5) is 0. The molecular weight excluding hydrogens is 627 g/mol. The van der Waals surface area contributed by atoms with Gasteiger partial charge in [0, 0.05) is 0 Å². The van der Waals surface area contributed by atoms with Crippen LogP contribution in [0.15, 0.2) is 121 Å². The summed E-state index contributed by atoms with van der Waals surface area (Å²) < 4.78 is 56.9. The SMILES string of the molecule is CN(C)P(=O)(OC1O[C@H](COCc2ccccc2)[C@H](OCc2ccccc2)[C@H](OCc2ccccc2)[C@H]1OCc1ccccc1)N(C)C. The molecule has 10 heteroatoms. The Bertz CT molecular complexity index is 1520. The minimum absolute atomic E-state index is 0.180. The summed E-state index contributed by atoms with van der Waals surface area (Å²) in [5, 5.41) is 0. The molecule has 1 heterocycles. The summed E-state index contributed by atoms with van der Waals surface area (Å²) in [6.45, 7) is 1.44. The second-order valence-corrected chi connectivity index (χ2v) is 14.9. The van der Waals surface area contributed by atoms with E-state index in [1.165, 1.54) is 0 Å². The zero-order valence-corrected chi connectivity index (χ0v) is 29.1. The zero-order chi connectivity index (χ0) is 33.8. The maximum absolute atomic E-state index is 14.3. The molecule has 9 nitrogen and oxygen atoms in total. The maximum atomic E-state index is 14.3. The van der Waals surface area contributed by atoms with Crippen LogP contribution in [0.4, 0.5) is 0 Å². The molecule has 0 saturated carbocycles. The highest BCUT2D eigenvalue weighted by Crippen LogP contribution is 2.53. The van der Waals surface area contributed by atoms with Crippen LogP contribution in [0.5, 0.6) is 0 Å². The van der Waals surface area contributed by atoms with Gasteiger partial charge >= 0.3 is 7.67 Å². The third-order valence-electron chi connectivity index (χ3n) is 8.09. The zero-order valence-electron chi connectivity index (χ0n) is 28.2. The van der Waals surface area contributed by atoms with E-state index in [-0.39, 0.29) is 13.2 Å². The topological polar surface area (TPSA) is 78.9 Å².